The summed E-state index contributed by atoms with van der Waals surface area (Å²) in [6, 6.07) is 3.13. The molecule has 22 heavy (non-hydrogen) atoms. The van der Waals surface area contributed by atoms with Crippen LogP contribution in [0.25, 0.3) is 0 Å². The standard InChI is InChI=1S/C15H16ClFN4O/c1-19-10-11(16)6-14(19)15(22)21-4-2-20(3-5-21)13-7-12(17)8-18-9-13/h6-10H,2-5H2,1H3. The summed E-state index contributed by atoms with van der Waals surface area (Å²) < 4.78 is 15.0. The molecule has 116 valence electrons. The molecule has 0 atom stereocenters. The van der Waals surface area contributed by atoms with Gasteiger partial charge in [0.2, 0.25) is 0 Å². The summed E-state index contributed by atoms with van der Waals surface area (Å²) in [6.07, 6.45) is 4.53. The van der Waals surface area contributed by atoms with E-state index in [1.807, 2.05) is 4.90 Å². The molecule has 7 heteroatoms. The summed E-state index contributed by atoms with van der Waals surface area (Å²) in [4.78, 5) is 20.2. The normalized spacial score (nSPS) is 15.2. The van der Waals surface area contributed by atoms with Crippen molar-refractivity contribution in [3.05, 3.63) is 47.3 Å². The van der Waals surface area contributed by atoms with Gasteiger partial charge in [-0.2, -0.15) is 0 Å². The van der Waals surface area contributed by atoms with E-state index in [0.29, 0.717) is 36.9 Å². The number of carbonyl (C=O) groups is 1. The molecule has 0 spiro atoms. The van der Waals surface area contributed by atoms with Gasteiger partial charge in [-0.3, -0.25) is 9.78 Å². The van der Waals surface area contributed by atoms with Crippen LogP contribution in [0.5, 0.6) is 0 Å². The van der Waals surface area contributed by atoms with Crippen LogP contribution in [0.3, 0.4) is 0 Å². The third-order valence-corrected chi connectivity index (χ3v) is 4.02. The summed E-state index contributed by atoms with van der Waals surface area (Å²) in [5, 5.41) is 0.551. The van der Waals surface area contributed by atoms with Crippen molar-refractivity contribution < 1.29 is 9.18 Å². The Kier molecular flexibility index (Phi) is 4.02. The molecule has 2 aromatic rings. The van der Waals surface area contributed by atoms with E-state index in [9.17, 15) is 9.18 Å². The topological polar surface area (TPSA) is 41.4 Å². The molecule has 3 rings (SSSR count). The van der Waals surface area contributed by atoms with Gasteiger partial charge in [-0.15, -0.1) is 0 Å². The van der Waals surface area contributed by atoms with Gasteiger partial charge in [0.1, 0.15) is 11.5 Å². The zero-order valence-corrected chi connectivity index (χ0v) is 12.9. The Hall–Kier alpha value is -2.08. The highest BCUT2D eigenvalue weighted by atomic mass is 35.5. The molecule has 0 unspecified atom stereocenters. The second-order valence-corrected chi connectivity index (χ2v) is 5.73. The lowest BCUT2D eigenvalue weighted by Gasteiger charge is -2.35. The van der Waals surface area contributed by atoms with E-state index in [4.69, 9.17) is 11.6 Å². The monoisotopic (exact) mass is 322 g/mol. The van der Waals surface area contributed by atoms with E-state index < -0.39 is 0 Å². The van der Waals surface area contributed by atoms with E-state index in [0.717, 1.165) is 5.69 Å². The average Bonchev–Trinajstić information content (AvgIpc) is 2.85. The van der Waals surface area contributed by atoms with Crippen molar-refractivity contribution in [3.63, 3.8) is 0 Å². The number of aromatic nitrogens is 2. The van der Waals surface area contributed by atoms with E-state index in [1.54, 1.807) is 35.0 Å². The molecule has 1 amide bonds. The van der Waals surface area contributed by atoms with Gasteiger partial charge in [-0.05, 0) is 6.07 Å². The van der Waals surface area contributed by atoms with E-state index in [2.05, 4.69) is 4.98 Å². The molecule has 0 N–H and O–H groups in total. The largest absolute Gasteiger partial charge is 0.367 e. The number of piperazine rings is 1. The van der Waals surface area contributed by atoms with Gasteiger partial charge in [-0.1, -0.05) is 11.6 Å². The van der Waals surface area contributed by atoms with Crippen molar-refractivity contribution in [2.24, 2.45) is 7.05 Å². The van der Waals surface area contributed by atoms with E-state index in [-0.39, 0.29) is 11.7 Å². The van der Waals surface area contributed by atoms with Crippen LogP contribution in [0.15, 0.2) is 30.7 Å². The van der Waals surface area contributed by atoms with Gasteiger partial charge in [0.05, 0.1) is 23.1 Å². The van der Waals surface area contributed by atoms with Crippen LogP contribution in [0.4, 0.5) is 10.1 Å². The maximum atomic E-state index is 13.2. The van der Waals surface area contributed by atoms with Gasteiger partial charge < -0.3 is 14.4 Å². The highest BCUT2D eigenvalue weighted by Gasteiger charge is 2.24. The minimum Gasteiger partial charge on any atom is -0.367 e. The lowest BCUT2D eigenvalue weighted by Crippen LogP contribution is -2.49. The first-order valence-electron chi connectivity index (χ1n) is 7.01. The first-order valence-corrected chi connectivity index (χ1v) is 7.39. The second kappa shape index (κ2) is 5.96. The van der Waals surface area contributed by atoms with Crippen molar-refractivity contribution in [2.75, 3.05) is 31.1 Å². The predicted molar refractivity (Wildman–Crippen MR) is 82.7 cm³/mol. The van der Waals surface area contributed by atoms with Gasteiger partial charge in [0.25, 0.3) is 5.91 Å². The molecular weight excluding hydrogens is 307 g/mol. The Morgan fingerprint density at radius 2 is 1.95 bits per heavy atom. The highest BCUT2D eigenvalue weighted by molar-refractivity contribution is 6.31. The third kappa shape index (κ3) is 2.92. The number of anilines is 1. The Morgan fingerprint density at radius 3 is 2.55 bits per heavy atom. The maximum Gasteiger partial charge on any atom is 0.270 e. The Labute approximate surface area is 132 Å². The predicted octanol–water partition coefficient (Wildman–Crippen LogP) is 2.17. The van der Waals surface area contributed by atoms with Crippen LogP contribution in [0, 0.1) is 5.82 Å². The summed E-state index contributed by atoms with van der Waals surface area (Å²) in [5.41, 5.74) is 1.32. The van der Waals surface area contributed by atoms with Crippen molar-refractivity contribution in [3.8, 4) is 0 Å². The fourth-order valence-corrected chi connectivity index (χ4v) is 2.89. The molecule has 2 aromatic heterocycles. The van der Waals surface area contributed by atoms with Gasteiger partial charge in [0.15, 0.2) is 0 Å². The smallest absolute Gasteiger partial charge is 0.270 e. The molecule has 0 radical (unpaired) electrons. The molecule has 1 aliphatic rings. The third-order valence-electron chi connectivity index (χ3n) is 3.81. The number of halogens is 2. The molecule has 0 aliphatic carbocycles. The molecule has 1 aliphatic heterocycles. The van der Waals surface area contributed by atoms with Crippen molar-refractivity contribution in [1.82, 2.24) is 14.5 Å². The molecule has 3 heterocycles. The van der Waals surface area contributed by atoms with Crippen LogP contribution >= 0.6 is 11.6 Å². The number of nitrogens with zero attached hydrogens (tertiary/aromatic N) is 4. The highest BCUT2D eigenvalue weighted by Crippen LogP contribution is 2.19. The summed E-state index contributed by atoms with van der Waals surface area (Å²) in [7, 11) is 1.80. The fourth-order valence-electron chi connectivity index (χ4n) is 2.64. The van der Waals surface area contributed by atoms with Crippen LogP contribution in [-0.4, -0.2) is 46.5 Å². The quantitative estimate of drug-likeness (QED) is 0.851. The Balaban J connectivity index is 1.67. The Bertz CT molecular complexity index is 695. The Morgan fingerprint density at radius 1 is 1.23 bits per heavy atom. The number of hydrogen-bond acceptors (Lipinski definition) is 3. The van der Waals surface area contributed by atoms with Crippen LogP contribution < -0.4 is 4.90 Å². The zero-order chi connectivity index (χ0) is 15.7. The number of pyridine rings is 1. The van der Waals surface area contributed by atoms with Crippen molar-refractivity contribution >= 4 is 23.2 Å². The summed E-state index contributed by atoms with van der Waals surface area (Å²) in [5.74, 6) is -0.388. The fraction of sp³-hybridized carbons (Fsp3) is 0.333. The lowest BCUT2D eigenvalue weighted by atomic mass is 10.2. The molecule has 1 fully saturated rings. The average molecular weight is 323 g/mol. The number of aryl methyl sites for hydroxylation is 1. The minimum absolute atomic E-state index is 0.0357. The first kappa shape index (κ1) is 14.8. The molecule has 0 bridgehead atoms. The number of amides is 1. The van der Waals surface area contributed by atoms with Gasteiger partial charge >= 0.3 is 0 Å². The first-order chi connectivity index (χ1) is 10.5. The van der Waals surface area contributed by atoms with E-state index in [1.165, 1.54) is 12.3 Å². The molecule has 0 saturated carbocycles. The van der Waals surface area contributed by atoms with Gasteiger partial charge in [-0.25, -0.2) is 4.39 Å². The van der Waals surface area contributed by atoms with Gasteiger partial charge in [0, 0.05) is 45.5 Å². The second-order valence-electron chi connectivity index (χ2n) is 5.30. The van der Waals surface area contributed by atoms with Crippen LogP contribution in [0.2, 0.25) is 5.02 Å². The minimum atomic E-state index is -0.352. The van der Waals surface area contributed by atoms with Crippen LogP contribution in [0.1, 0.15) is 10.5 Å². The molecular formula is C15H16ClFN4O. The van der Waals surface area contributed by atoms with E-state index >= 15 is 0 Å². The van der Waals surface area contributed by atoms with Crippen molar-refractivity contribution in [2.45, 2.75) is 0 Å². The zero-order valence-electron chi connectivity index (χ0n) is 12.2. The van der Waals surface area contributed by atoms with Crippen LogP contribution in [-0.2, 0) is 7.05 Å². The SMILES string of the molecule is Cn1cc(Cl)cc1C(=O)N1CCN(c2cncc(F)c2)CC1. The molecule has 5 nitrogen and oxygen atoms in total. The molecule has 0 aromatic carbocycles. The summed E-state index contributed by atoms with van der Waals surface area (Å²) >= 11 is 5.92. The van der Waals surface area contributed by atoms with Crippen molar-refractivity contribution in [1.29, 1.82) is 0 Å². The number of hydrogen-bond donors (Lipinski definition) is 0. The number of rotatable bonds is 2. The molecule has 1 saturated heterocycles. The summed E-state index contributed by atoms with van der Waals surface area (Å²) in [6.45, 7) is 2.46. The maximum absolute atomic E-state index is 13.2. The number of carbonyl (C=O) groups excluding carboxylic acids is 1. The lowest BCUT2D eigenvalue weighted by molar-refractivity contribution is 0.0737.